The summed E-state index contributed by atoms with van der Waals surface area (Å²) < 4.78 is 8.01. The molecule has 1 aromatic carbocycles. The van der Waals surface area contributed by atoms with E-state index in [2.05, 4.69) is 58.6 Å². The van der Waals surface area contributed by atoms with Crippen LogP contribution in [0.3, 0.4) is 0 Å². The monoisotopic (exact) mass is 442 g/mol. The first-order chi connectivity index (χ1) is 11.2. The molecule has 2 rings (SSSR count). The third kappa shape index (κ3) is 6.43. The zero-order chi connectivity index (χ0) is 16.5. The Hall–Kier alpha value is -1.70. The molecule has 0 saturated carbocycles. The lowest BCUT2D eigenvalue weighted by molar-refractivity contribution is 0.317. The highest BCUT2D eigenvalue weighted by Gasteiger charge is 2.03. The second-order valence-electron chi connectivity index (χ2n) is 5.42. The first kappa shape index (κ1) is 20.3. The van der Waals surface area contributed by atoms with Crippen LogP contribution in [0.5, 0.6) is 5.75 Å². The number of rotatable bonds is 7. The zero-order valence-corrected chi connectivity index (χ0v) is 16.9. The molecular weight excluding hydrogens is 415 g/mol. The first-order valence-electron chi connectivity index (χ1n) is 7.95. The summed E-state index contributed by atoms with van der Waals surface area (Å²) >= 11 is 0. The molecule has 24 heavy (non-hydrogen) atoms. The van der Waals surface area contributed by atoms with Gasteiger partial charge in [0.2, 0.25) is 0 Å². The second kappa shape index (κ2) is 11.0. The standard InChI is InChI=1S/C18H26N4O.HI/c1-15-7-6-8-16(2)17(15)23-14-10-21-18(19-3)20-9-13-22-11-4-5-12-22;/h4-8,11-12H,9-10,13-14H2,1-3H3,(H2,19,20,21);1H. The molecule has 0 aliphatic heterocycles. The summed E-state index contributed by atoms with van der Waals surface area (Å²) in [6.07, 6.45) is 4.10. The lowest BCUT2D eigenvalue weighted by Crippen LogP contribution is -2.40. The van der Waals surface area contributed by atoms with Crippen LogP contribution in [-0.2, 0) is 6.54 Å². The summed E-state index contributed by atoms with van der Waals surface area (Å²) in [6.45, 7) is 7.18. The van der Waals surface area contributed by atoms with Crippen molar-refractivity contribution in [3.05, 3.63) is 53.9 Å². The van der Waals surface area contributed by atoms with Gasteiger partial charge in [-0.2, -0.15) is 0 Å². The molecule has 0 saturated heterocycles. The SMILES string of the molecule is CN=C(NCCOc1c(C)cccc1C)NCCn1cccc1.I. The van der Waals surface area contributed by atoms with E-state index in [4.69, 9.17) is 4.74 Å². The molecule has 2 N–H and O–H groups in total. The van der Waals surface area contributed by atoms with E-state index in [1.807, 2.05) is 18.2 Å². The van der Waals surface area contributed by atoms with Crippen molar-refractivity contribution in [3.63, 3.8) is 0 Å². The number of guanidine groups is 1. The Morgan fingerprint density at radius 1 is 1.04 bits per heavy atom. The molecule has 0 aliphatic carbocycles. The van der Waals surface area contributed by atoms with Crippen LogP contribution in [0.4, 0.5) is 0 Å². The van der Waals surface area contributed by atoms with Crippen molar-refractivity contribution in [2.45, 2.75) is 20.4 Å². The highest BCUT2D eigenvalue weighted by Crippen LogP contribution is 2.21. The molecule has 5 nitrogen and oxygen atoms in total. The maximum absolute atomic E-state index is 5.88. The molecule has 0 spiro atoms. The lowest BCUT2D eigenvalue weighted by atomic mass is 10.1. The fourth-order valence-corrected chi connectivity index (χ4v) is 2.39. The van der Waals surface area contributed by atoms with Gasteiger partial charge in [0.15, 0.2) is 5.96 Å². The molecule has 0 unspecified atom stereocenters. The van der Waals surface area contributed by atoms with Crippen LogP contribution in [0.1, 0.15) is 11.1 Å². The Labute approximate surface area is 161 Å². The van der Waals surface area contributed by atoms with Gasteiger partial charge in [-0.1, -0.05) is 18.2 Å². The maximum Gasteiger partial charge on any atom is 0.191 e. The molecule has 6 heteroatoms. The largest absolute Gasteiger partial charge is 0.491 e. The Morgan fingerprint density at radius 3 is 2.29 bits per heavy atom. The van der Waals surface area contributed by atoms with Crippen LogP contribution in [0.2, 0.25) is 0 Å². The lowest BCUT2D eigenvalue weighted by Gasteiger charge is -2.14. The molecule has 0 radical (unpaired) electrons. The number of aromatic nitrogens is 1. The molecule has 0 bridgehead atoms. The van der Waals surface area contributed by atoms with Crippen LogP contribution in [0, 0.1) is 13.8 Å². The second-order valence-corrected chi connectivity index (χ2v) is 5.42. The van der Waals surface area contributed by atoms with E-state index in [-0.39, 0.29) is 24.0 Å². The van der Waals surface area contributed by atoms with Crippen LogP contribution in [0.15, 0.2) is 47.7 Å². The Kier molecular flexibility index (Phi) is 9.29. The van der Waals surface area contributed by atoms with Gasteiger partial charge in [0, 0.05) is 32.5 Å². The molecule has 0 amide bonds. The number of aliphatic imine (C=N–C) groups is 1. The number of benzene rings is 1. The molecule has 1 aromatic heterocycles. The van der Waals surface area contributed by atoms with E-state index in [0.717, 1.165) is 24.8 Å². The van der Waals surface area contributed by atoms with E-state index >= 15 is 0 Å². The highest BCUT2D eigenvalue weighted by atomic mass is 127. The van der Waals surface area contributed by atoms with Crippen molar-refractivity contribution in [3.8, 4) is 5.75 Å². The number of hydrogen-bond acceptors (Lipinski definition) is 2. The predicted molar refractivity (Wildman–Crippen MR) is 111 cm³/mol. The average molecular weight is 442 g/mol. The van der Waals surface area contributed by atoms with Gasteiger partial charge in [-0.15, -0.1) is 24.0 Å². The third-order valence-corrected chi connectivity index (χ3v) is 3.60. The van der Waals surface area contributed by atoms with Crippen molar-refractivity contribution >= 4 is 29.9 Å². The van der Waals surface area contributed by atoms with Crippen molar-refractivity contribution < 1.29 is 4.74 Å². The number of nitrogens with one attached hydrogen (secondary N) is 2. The summed E-state index contributed by atoms with van der Waals surface area (Å²) in [5.74, 6) is 1.77. The van der Waals surface area contributed by atoms with E-state index in [9.17, 15) is 0 Å². The Bertz CT molecular complexity index is 606. The third-order valence-electron chi connectivity index (χ3n) is 3.60. The quantitative estimate of drug-likeness (QED) is 0.300. The minimum atomic E-state index is 0. The van der Waals surface area contributed by atoms with Gasteiger partial charge in [0.05, 0.1) is 6.54 Å². The van der Waals surface area contributed by atoms with Crippen molar-refractivity contribution in [2.24, 2.45) is 4.99 Å². The van der Waals surface area contributed by atoms with Crippen LogP contribution in [0.25, 0.3) is 0 Å². The van der Waals surface area contributed by atoms with Crippen molar-refractivity contribution in [1.82, 2.24) is 15.2 Å². The topological polar surface area (TPSA) is 50.6 Å². The summed E-state index contributed by atoms with van der Waals surface area (Å²) in [6, 6.07) is 10.2. The van der Waals surface area contributed by atoms with Gasteiger partial charge < -0.3 is 19.9 Å². The molecule has 1 heterocycles. The maximum atomic E-state index is 5.88. The normalized spacial score (nSPS) is 10.9. The number of nitrogens with zero attached hydrogens (tertiary/aromatic N) is 2. The van der Waals surface area contributed by atoms with E-state index in [1.165, 1.54) is 11.1 Å². The van der Waals surface area contributed by atoms with E-state index in [0.29, 0.717) is 13.2 Å². The van der Waals surface area contributed by atoms with Crippen molar-refractivity contribution in [1.29, 1.82) is 0 Å². The van der Waals surface area contributed by atoms with Gasteiger partial charge >= 0.3 is 0 Å². The smallest absolute Gasteiger partial charge is 0.191 e. The van der Waals surface area contributed by atoms with E-state index in [1.54, 1.807) is 7.05 Å². The highest BCUT2D eigenvalue weighted by molar-refractivity contribution is 14.0. The minimum absolute atomic E-state index is 0. The number of aryl methyl sites for hydroxylation is 2. The Morgan fingerprint density at radius 2 is 1.67 bits per heavy atom. The number of hydrogen-bond donors (Lipinski definition) is 2. The van der Waals surface area contributed by atoms with Gasteiger partial charge in [-0.3, -0.25) is 4.99 Å². The van der Waals surface area contributed by atoms with Gasteiger partial charge in [-0.05, 0) is 37.1 Å². The number of para-hydroxylation sites is 1. The summed E-state index contributed by atoms with van der Waals surface area (Å²) in [5.41, 5.74) is 2.33. The summed E-state index contributed by atoms with van der Waals surface area (Å²) in [4.78, 5) is 4.22. The Balaban J connectivity index is 0.00000288. The van der Waals surface area contributed by atoms with Gasteiger partial charge in [0.1, 0.15) is 12.4 Å². The number of halogens is 1. The molecule has 132 valence electrons. The van der Waals surface area contributed by atoms with Gasteiger partial charge in [-0.25, -0.2) is 0 Å². The summed E-state index contributed by atoms with van der Waals surface area (Å²) in [7, 11) is 1.78. The molecule has 0 fully saturated rings. The molecule has 0 atom stereocenters. The zero-order valence-electron chi connectivity index (χ0n) is 14.6. The van der Waals surface area contributed by atoms with Crippen LogP contribution < -0.4 is 15.4 Å². The predicted octanol–water partition coefficient (Wildman–Crippen LogP) is 2.97. The first-order valence-corrected chi connectivity index (χ1v) is 7.95. The fourth-order valence-electron chi connectivity index (χ4n) is 2.39. The number of ether oxygens (including phenoxy) is 1. The molecule has 2 aromatic rings. The molecule has 0 aliphatic rings. The average Bonchev–Trinajstić information content (AvgIpc) is 3.05. The fraction of sp³-hybridized carbons (Fsp3) is 0.389. The van der Waals surface area contributed by atoms with Crippen molar-refractivity contribution in [2.75, 3.05) is 26.7 Å². The van der Waals surface area contributed by atoms with Crippen LogP contribution in [-0.4, -0.2) is 37.3 Å². The van der Waals surface area contributed by atoms with Gasteiger partial charge in [0.25, 0.3) is 0 Å². The minimum Gasteiger partial charge on any atom is -0.491 e. The van der Waals surface area contributed by atoms with Crippen LogP contribution >= 0.6 is 24.0 Å². The molecular formula is C18H27IN4O. The summed E-state index contributed by atoms with van der Waals surface area (Å²) in [5, 5.41) is 6.55. The van der Waals surface area contributed by atoms with E-state index < -0.39 is 0 Å².